The molecule has 0 fully saturated rings. The number of aromatic amines is 1. The highest BCUT2D eigenvalue weighted by atomic mass is 35.5. The van der Waals surface area contributed by atoms with Crippen LogP contribution in [0.2, 0.25) is 10.0 Å². The molecule has 0 radical (unpaired) electrons. The Morgan fingerprint density at radius 2 is 1.80 bits per heavy atom. The molecule has 0 saturated heterocycles. The average Bonchev–Trinajstić information content (AvgIpc) is 2.84. The summed E-state index contributed by atoms with van der Waals surface area (Å²) in [4.78, 5) is 3.40. The van der Waals surface area contributed by atoms with Crippen molar-refractivity contribution in [1.82, 2.24) is 4.98 Å². The van der Waals surface area contributed by atoms with Crippen LogP contribution in [0.25, 0.3) is 32.8 Å². The van der Waals surface area contributed by atoms with Gasteiger partial charge in [-0.3, -0.25) is 0 Å². The molecule has 2 nitrogen and oxygen atoms in total. The van der Waals surface area contributed by atoms with Gasteiger partial charge in [0.2, 0.25) is 11.0 Å². The molecule has 0 amide bonds. The lowest BCUT2D eigenvalue weighted by Crippen LogP contribution is -2.30. The number of fused-ring (bicyclic) bond motifs is 4. The van der Waals surface area contributed by atoms with Gasteiger partial charge in [0.15, 0.2) is 0 Å². The Balaban J connectivity index is 2.40. The SMILES string of the molecule is C[n+]1c2cccc(Cl)c2c(Cl)c2[nH]c3ccccc3c21. The fourth-order valence-electron chi connectivity index (χ4n) is 2.89. The molecule has 4 aromatic rings. The Morgan fingerprint density at radius 3 is 2.65 bits per heavy atom. The van der Waals surface area contributed by atoms with Crippen molar-refractivity contribution in [1.29, 1.82) is 0 Å². The maximum atomic E-state index is 6.59. The fraction of sp³-hybridized carbons (Fsp3) is 0.0625. The van der Waals surface area contributed by atoms with Gasteiger partial charge in [-0.15, -0.1) is 0 Å². The van der Waals surface area contributed by atoms with Crippen molar-refractivity contribution in [3.05, 3.63) is 52.5 Å². The van der Waals surface area contributed by atoms with Gasteiger partial charge in [-0.25, -0.2) is 0 Å². The second-order valence-electron chi connectivity index (χ2n) is 4.90. The van der Waals surface area contributed by atoms with E-state index in [4.69, 9.17) is 23.2 Å². The number of aromatic nitrogens is 2. The molecule has 4 heteroatoms. The third kappa shape index (κ3) is 1.43. The highest BCUT2D eigenvalue weighted by molar-refractivity contribution is 6.45. The van der Waals surface area contributed by atoms with Crippen LogP contribution in [0.1, 0.15) is 0 Å². The number of hydrogen-bond donors (Lipinski definition) is 1. The number of benzene rings is 2. The van der Waals surface area contributed by atoms with Gasteiger partial charge < -0.3 is 4.98 Å². The first-order valence-corrected chi connectivity index (χ1v) is 7.10. The average molecular weight is 302 g/mol. The van der Waals surface area contributed by atoms with E-state index in [0.29, 0.717) is 10.0 Å². The number of nitrogens with one attached hydrogen (secondary N) is 1. The molecule has 98 valence electrons. The molecule has 1 N–H and O–H groups in total. The number of hydrogen-bond acceptors (Lipinski definition) is 0. The van der Waals surface area contributed by atoms with Gasteiger partial charge in [-0.1, -0.05) is 41.4 Å². The lowest BCUT2D eigenvalue weighted by molar-refractivity contribution is -0.616. The first kappa shape index (κ1) is 12.0. The third-order valence-electron chi connectivity index (χ3n) is 3.81. The summed E-state index contributed by atoms with van der Waals surface area (Å²) in [5, 5.41) is 3.39. The molecule has 2 aromatic carbocycles. The smallest absolute Gasteiger partial charge is 0.240 e. The molecule has 2 heterocycles. The van der Waals surface area contributed by atoms with Crippen LogP contribution >= 0.6 is 23.2 Å². The van der Waals surface area contributed by atoms with Gasteiger partial charge in [0.05, 0.1) is 26.3 Å². The zero-order valence-corrected chi connectivity index (χ0v) is 12.3. The van der Waals surface area contributed by atoms with Crippen LogP contribution in [-0.2, 0) is 7.05 Å². The van der Waals surface area contributed by atoms with Gasteiger partial charge in [-0.05, 0) is 18.2 Å². The third-order valence-corrected chi connectivity index (χ3v) is 4.50. The molecule has 0 unspecified atom stereocenters. The number of para-hydroxylation sites is 1. The quantitative estimate of drug-likeness (QED) is 0.458. The zero-order chi connectivity index (χ0) is 13.9. The maximum Gasteiger partial charge on any atom is 0.240 e. The molecule has 2 aromatic heterocycles. The molecule has 0 aliphatic carbocycles. The molecular formula is C16H11Cl2N2+. The topological polar surface area (TPSA) is 19.7 Å². The number of nitrogens with zero attached hydrogens (tertiary/aromatic N) is 1. The standard InChI is InChI=1S/C16H10Cl2N2/c1-20-12-8-4-6-10(17)13(12)14(18)15-16(20)9-5-2-3-7-11(9)19-15/h2-8H,1H3/p+1. The van der Waals surface area contributed by atoms with E-state index in [2.05, 4.69) is 21.7 Å². The molecule has 0 atom stereocenters. The number of pyridine rings is 1. The zero-order valence-electron chi connectivity index (χ0n) is 10.7. The van der Waals surface area contributed by atoms with E-state index >= 15 is 0 Å². The van der Waals surface area contributed by atoms with Crippen LogP contribution < -0.4 is 4.57 Å². The second-order valence-corrected chi connectivity index (χ2v) is 5.69. The molecule has 0 spiro atoms. The van der Waals surface area contributed by atoms with Gasteiger partial charge in [0, 0.05) is 6.07 Å². The van der Waals surface area contributed by atoms with E-state index in [1.807, 2.05) is 37.4 Å². The van der Waals surface area contributed by atoms with Crippen molar-refractivity contribution in [2.45, 2.75) is 0 Å². The van der Waals surface area contributed by atoms with E-state index in [1.54, 1.807) is 0 Å². The van der Waals surface area contributed by atoms with E-state index in [9.17, 15) is 0 Å². The van der Waals surface area contributed by atoms with Crippen molar-refractivity contribution >= 4 is 56.0 Å². The monoisotopic (exact) mass is 301 g/mol. The highest BCUT2D eigenvalue weighted by Gasteiger charge is 2.22. The van der Waals surface area contributed by atoms with Crippen molar-refractivity contribution in [3.63, 3.8) is 0 Å². The van der Waals surface area contributed by atoms with Crippen molar-refractivity contribution in [3.8, 4) is 0 Å². The van der Waals surface area contributed by atoms with Crippen LogP contribution in [0.4, 0.5) is 0 Å². The lowest BCUT2D eigenvalue weighted by Gasteiger charge is -2.03. The van der Waals surface area contributed by atoms with E-state index in [-0.39, 0.29) is 0 Å². The highest BCUT2D eigenvalue weighted by Crippen LogP contribution is 2.35. The minimum Gasteiger partial charge on any atom is -0.348 e. The van der Waals surface area contributed by atoms with Gasteiger partial charge in [-0.2, -0.15) is 4.57 Å². The predicted molar refractivity (Wildman–Crippen MR) is 84.5 cm³/mol. The Labute approximate surface area is 125 Å². The summed E-state index contributed by atoms with van der Waals surface area (Å²) in [6.45, 7) is 0. The van der Waals surface area contributed by atoms with Crippen LogP contribution in [0.3, 0.4) is 0 Å². The van der Waals surface area contributed by atoms with Gasteiger partial charge in [0.25, 0.3) is 0 Å². The molecule has 0 bridgehead atoms. The van der Waals surface area contributed by atoms with Crippen molar-refractivity contribution in [2.24, 2.45) is 7.05 Å². The van der Waals surface area contributed by atoms with Crippen molar-refractivity contribution in [2.75, 3.05) is 0 Å². The van der Waals surface area contributed by atoms with Crippen molar-refractivity contribution < 1.29 is 4.57 Å². The van der Waals surface area contributed by atoms with E-state index in [0.717, 1.165) is 32.8 Å². The maximum absolute atomic E-state index is 6.59. The van der Waals surface area contributed by atoms with Gasteiger partial charge in [0.1, 0.15) is 12.6 Å². The summed E-state index contributed by atoms with van der Waals surface area (Å²) >= 11 is 12.9. The Kier molecular flexibility index (Phi) is 2.47. The Morgan fingerprint density at radius 1 is 1.00 bits per heavy atom. The summed E-state index contributed by atoms with van der Waals surface area (Å²) in [7, 11) is 2.04. The summed E-state index contributed by atoms with van der Waals surface area (Å²) in [6, 6.07) is 14.0. The van der Waals surface area contributed by atoms with Crippen LogP contribution in [0, 0.1) is 0 Å². The van der Waals surface area contributed by atoms with Crippen LogP contribution in [0.15, 0.2) is 42.5 Å². The number of aryl methyl sites for hydroxylation is 1. The first-order chi connectivity index (χ1) is 9.68. The molecule has 0 aliphatic heterocycles. The minimum absolute atomic E-state index is 0.670. The predicted octanol–water partition coefficient (Wildman–Crippen LogP) is 4.61. The first-order valence-electron chi connectivity index (χ1n) is 6.34. The molecule has 0 saturated carbocycles. The lowest BCUT2D eigenvalue weighted by atomic mass is 10.1. The number of rotatable bonds is 0. The largest absolute Gasteiger partial charge is 0.348 e. The second kappa shape index (κ2) is 4.11. The minimum atomic E-state index is 0.670. The van der Waals surface area contributed by atoms with Crippen LogP contribution in [0.5, 0.6) is 0 Å². The summed E-state index contributed by atoms with van der Waals surface area (Å²) in [5.74, 6) is 0. The van der Waals surface area contributed by atoms with E-state index < -0.39 is 0 Å². The fourth-order valence-corrected chi connectivity index (χ4v) is 3.54. The molecule has 20 heavy (non-hydrogen) atoms. The van der Waals surface area contributed by atoms with E-state index in [1.165, 1.54) is 0 Å². The number of halogens is 2. The van der Waals surface area contributed by atoms with Gasteiger partial charge >= 0.3 is 0 Å². The number of H-pyrrole nitrogens is 1. The summed E-state index contributed by atoms with van der Waals surface area (Å²) < 4.78 is 2.14. The van der Waals surface area contributed by atoms with Crippen LogP contribution in [-0.4, -0.2) is 4.98 Å². The summed E-state index contributed by atoms with van der Waals surface area (Å²) in [6.07, 6.45) is 0. The molecule has 4 rings (SSSR count). The normalized spacial score (nSPS) is 11.8. The molecular weight excluding hydrogens is 291 g/mol. The summed E-state index contributed by atoms with van der Waals surface area (Å²) in [5.41, 5.74) is 4.13. The Bertz CT molecular complexity index is 986. The molecule has 0 aliphatic rings. The Hall–Kier alpha value is -1.77.